The topological polar surface area (TPSA) is 93.1 Å². The molecule has 1 saturated heterocycles. The molecule has 196 valence electrons. The van der Waals surface area contributed by atoms with Crippen LogP contribution in [0.5, 0.6) is 0 Å². The van der Waals surface area contributed by atoms with E-state index in [9.17, 15) is 18.4 Å². The third-order valence-electron chi connectivity index (χ3n) is 7.71. The van der Waals surface area contributed by atoms with Crippen LogP contribution in [0.3, 0.4) is 0 Å². The molecule has 10 heteroatoms. The number of hydrogen-bond acceptors (Lipinski definition) is 5. The van der Waals surface area contributed by atoms with Crippen LogP contribution in [-0.4, -0.2) is 43.6 Å². The van der Waals surface area contributed by atoms with Gasteiger partial charge in [0.2, 0.25) is 0 Å². The minimum Gasteiger partial charge on any atom is -0.440 e. The van der Waals surface area contributed by atoms with Crippen molar-refractivity contribution in [3.05, 3.63) is 93.8 Å². The lowest BCUT2D eigenvalue weighted by Gasteiger charge is -2.33. The van der Waals surface area contributed by atoms with Crippen LogP contribution in [0.15, 0.2) is 59.7 Å². The van der Waals surface area contributed by atoms with Gasteiger partial charge in [0.25, 0.3) is 0 Å². The number of hydrogen-bond donors (Lipinski definition) is 1. The van der Waals surface area contributed by atoms with Gasteiger partial charge in [0.1, 0.15) is 6.10 Å². The Balaban J connectivity index is 1.14. The highest BCUT2D eigenvalue weighted by Gasteiger charge is 2.32. The molecule has 1 amide bonds. The van der Waals surface area contributed by atoms with Crippen molar-refractivity contribution in [3.8, 4) is 0 Å². The van der Waals surface area contributed by atoms with Crippen LogP contribution in [-0.2, 0) is 11.2 Å². The second kappa shape index (κ2) is 10.00. The fraction of sp³-hybridized carbons (Fsp3) is 0.357. The lowest BCUT2D eigenvalue weighted by Crippen LogP contribution is -2.41. The Morgan fingerprint density at radius 2 is 1.76 bits per heavy atom. The van der Waals surface area contributed by atoms with Crippen molar-refractivity contribution < 1.29 is 18.3 Å². The number of carbonyl (C=O) groups excluding carboxylic acids is 1. The van der Waals surface area contributed by atoms with Crippen LogP contribution in [0.4, 0.5) is 13.6 Å². The summed E-state index contributed by atoms with van der Waals surface area (Å²) in [5, 5.41) is 0. The van der Waals surface area contributed by atoms with Crippen LogP contribution in [0, 0.1) is 11.6 Å². The summed E-state index contributed by atoms with van der Waals surface area (Å²) in [6.45, 7) is 0.921. The van der Waals surface area contributed by atoms with Crippen molar-refractivity contribution in [2.24, 2.45) is 0 Å². The summed E-state index contributed by atoms with van der Waals surface area (Å²) < 4.78 is 35.1. The average Bonchev–Trinajstić information content (AvgIpc) is 3.16. The molecule has 2 aliphatic rings. The zero-order valence-corrected chi connectivity index (χ0v) is 20.6. The maximum atomic E-state index is 13.9. The first kappa shape index (κ1) is 24.3. The van der Waals surface area contributed by atoms with Crippen LogP contribution >= 0.6 is 0 Å². The number of imidazole rings is 1. The highest BCUT2D eigenvalue weighted by Crippen LogP contribution is 2.38. The number of pyridine rings is 2. The maximum Gasteiger partial charge on any atom is 0.410 e. The second-order valence-electron chi connectivity index (χ2n) is 9.96. The van der Waals surface area contributed by atoms with Crippen LogP contribution in [0.1, 0.15) is 60.6 Å². The number of aromatic nitrogens is 4. The Kier molecular flexibility index (Phi) is 6.39. The monoisotopic (exact) mass is 519 g/mol. The Hall–Kier alpha value is -4.08. The van der Waals surface area contributed by atoms with Gasteiger partial charge in [-0.3, -0.25) is 14.5 Å². The molecule has 8 nitrogen and oxygen atoms in total. The normalized spacial score (nSPS) is 20.2. The van der Waals surface area contributed by atoms with E-state index in [-0.39, 0.29) is 17.6 Å². The zero-order valence-electron chi connectivity index (χ0n) is 20.6. The molecule has 0 radical (unpaired) electrons. The summed E-state index contributed by atoms with van der Waals surface area (Å²) in [5.74, 6) is -1.78. The molecule has 1 fully saturated rings. The Morgan fingerprint density at radius 3 is 2.58 bits per heavy atom. The molecule has 0 spiro atoms. The molecule has 6 rings (SSSR count). The molecular formula is C28H27F2N5O3. The fourth-order valence-electron chi connectivity index (χ4n) is 5.76. The van der Waals surface area contributed by atoms with Gasteiger partial charge in [-0.25, -0.2) is 23.4 Å². The van der Waals surface area contributed by atoms with E-state index in [0.29, 0.717) is 56.5 Å². The molecular weight excluding hydrogens is 492 g/mol. The average molecular weight is 520 g/mol. The number of nitrogens with one attached hydrogen (secondary N) is 1. The highest BCUT2D eigenvalue weighted by molar-refractivity contribution is 5.70. The van der Waals surface area contributed by atoms with Gasteiger partial charge in [0, 0.05) is 31.5 Å². The highest BCUT2D eigenvalue weighted by atomic mass is 19.2. The lowest BCUT2D eigenvalue weighted by molar-refractivity contribution is 0.0473. The first-order chi connectivity index (χ1) is 18.5. The number of ether oxygens (including phenoxy) is 1. The Morgan fingerprint density at radius 1 is 0.974 bits per heavy atom. The molecule has 0 saturated carbocycles. The number of rotatable bonds is 3. The number of halogens is 2. The van der Waals surface area contributed by atoms with Crippen LogP contribution in [0.2, 0.25) is 0 Å². The van der Waals surface area contributed by atoms with Crippen LogP contribution < -0.4 is 5.69 Å². The number of piperidine rings is 1. The van der Waals surface area contributed by atoms with Gasteiger partial charge in [-0.2, -0.15) is 0 Å². The molecule has 38 heavy (non-hydrogen) atoms. The van der Waals surface area contributed by atoms with E-state index < -0.39 is 23.8 Å². The molecule has 3 aromatic heterocycles. The predicted molar refractivity (Wildman–Crippen MR) is 136 cm³/mol. The number of amides is 1. The first-order valence-electron chi connectivity index (χ1n) is 12.9. The van der Waals surface area contributed by atoms with Crippen molar-refractivity contribution >= 4 is 17.3 Å². The van der Waals surface area contributed by atoms with Crippen molar-refractivity contribution in [1.82, 2.24) is 24.4 Å². The SMILES string of the molecule is O=C(OC1CCC(c2ccc(F)c(F)c2)Cc2cccnc21)N1CCC(n2c(=O)[nH]c3ncccc32)CC1. The smallest absolute Gasteiger partial charge is 0.410 e. The minimum absolute atomic E-state index is 0.0402. The number of fused-ring (bicyclic) bond motifs is 2. The van der Waals surface area contributed by atoms with Gasteiger partial charge in [0.15, 0.2) is 17.3 Å². The lowest BCUT2D eigenvalue weighted by atomic mass is 9.90. The molecule has 1 aliphatic heterocycles. The summed E-state index contributed by atoms with van der Waals surface area (Å²) in [4.78, 5) is 39.0. The van der Waals surface area contributed by atoms with Crippen molar-refractivity contribution in [1.29, 1.82) is 0 Å². The van der Waals surface area contributed by atoms with E-state index in [1.165, 1.54) is 6.07 Å². The number of H-pyrrole nitrogens is 1. The molecule has 4 heterocycles. The molecule has 2 unspecified atom stereocenters. The number of nitrogens with zero attached hydrogens (tertiary/aromatic N) is 4. The second-order valence-corrected chi connectivity index (χ2v) is 9.96. The fourth-order valence-corrected chi connectivity index (χ4v) is 5.76. The number of benzene rings is 1. The van der Waals surface area contributed by atoms with Gasteiger partial charge < -0.3 is 9.64 Å². The van der Waals surface area contributed by atoms with E-state index in [2.05, 4.69) is 15.0 Å². The largest absolute Gasteiger partial charge is 0.440 e. The van der Waals surface area contributed by atoms with Crippen LogP contribution in [0.25, 0.3) is 11.2 Å². The van der Waals surface area contributed by atoms with E-state index in [1.54, 1.807) is 34.0 Å². The molecule has 1 N–H and O–H groups in total. The van der Waals surface area contributed by atoms with E-state index in [0.717, 1.165) is 22.7 Å². The Bertz CT molecular complexity index is 1540. The minimum atomic E-state index is -0.869. The molecule has 1 aromatic carbocycles. The van der Waals surface area contributed by atoms with E-state index in [1.807, 2.05) is 18.2 Å². The molecule has 4 aromatic rings. The summed E-state index contributed by atoms with van der Waals surface area (Å²) in [5.41, 5.74) is 3.48. The van der Waals surface area contributed by atoms with Crippen molar-refractivity contribution in [2.75, 3.05) is 13.1 Å². The number of carbonyl (C=O) groups is 1. The first-order valence-corrected chi connectivity index (χ1v) is 12.9. The molecule has 0 bridgehead atoms. The van der Waals surface area contributed by atoms with Gasteiger partial charge >= 0.3 is 11.8 Å². The summed E-state index contributed by atoms with van der Waals surface area (Å²) >= 11 is 0. The van der Waals surface area contributed by atoms with Gasteiger partial charge in [-0.1, -0.05) is 12.1 Å². The van der Waals surface area contributed by atoms with E-state index in [4.69, 9.17) is 4.74 Å². The number of likely N-dealkylation sites (tertiary alicyclic amines) is 1. The quantitative estimate of drug-likeness (QED) is 0.383. The van der Waals surface area contributed by atoms with E-state index >= 15 is 0 Å². The predicted octanol–water partition coefficient (Wildman–Crippen LogP) is 5.03. The third kappa shape index (κ3) is 4.55. The molecule has 1 aliphatic carbocycles. The number of aromatic amines is 1. The Labute approximate surface area is 217 Å². The van der Waals surface area contributed by atoms with Gasteiger partial charge in [-0.05, 0) is 79.5 Å². The van der Waals surface area contributed by atoms with Crippen molar-refractivity contribution in [3.63, 3.8) is 0 Å². The summed E-state index contributed by atoms with van der Waals surface area (Å²) in [7, 11) is 0. The summed E-state index contributed by atoms with van der Waals surface area (Å²) in [6, 6.07) is 11.4. The van der Waals surface area contributed by atoms with Gasteiger partial charge in [0.05, 0.1) is 11.2 Å². The zero-order chi connectivity index (χ0) is 26.2. The summed E-state index contributed by atoms with van der Waals surface area (Å²) in [6.07, 6.45) is 5.37. The van der Waals surface area contributed by atoms with Gasteiger partial charge in [-0.15, -0.1) is 0 Å². The molecule has 2 atom stereocenters. The van der Waals surface area contributed by atoms with Crippen molar-refractivity contribution in [2.45, 2.75) is 50.2 Å². The standard InChI is InChI=1S/C28H27F2N5O3/c29-21-7-5-18(16-22(21)30)17-6-8-24(25-19(15-17)3-1-11-31-25)38-28(37)34-13-9-20(10-14-34)35-23-4-2-12-32-26(23)33-27(35)36/h1-5,7,11-12,16-17,20,24H,6,8-10,13-15H2,(H,32,33,36). The third-order valence-corrected chi connectivity index (χ3v) is 7.71. The maximum absolute atomic E-state index is 13.9.